The van der Waals surface area contributed by atoms with E-state index >= 15 is 0 Å². The molecular formula is C14H19FN4. The van der Waals surface area contributed by atoms with Crippen LogP contribution in [-0.2, 0) is 6.54 Å². The fourth-order valence-corrected chi connectivity index (χ4v) is 2.12. The van der Waals surface area contributed by atoms with Gasteiger partial charge in [0.1, 0.15) is 5.82 Å². The Bertz CT molecular complexity index is 524. The fraction of sp³-hybridized carbons (Fsp3) is 0.429. The first kappa shape index (κ1) is 13.7. The van der Waals surface area contributed by atoms with Crippen LogP contribution in [0.25, 0.3) is 0 Å². The van der Waals surface area contributed by atoms with Gasteiger partial charge in [-0.25, -0.2) is 4.39 Å². The molecule has 1 atom stereocenters. The summed E-state index contributed by atoms with van der Waals surface area (Å²) >= 11 is 0. The van der Waals surface area contributed by atoms with Crippen molar-refractivity contribution in [3.8, 4) is 0 Å². The third-order valence-corrected chi connectivity index (χ3v) is 3.00. The van der Waals surface area contributed by atoms with E-state index in [-0.39, 0.29) is 11.9 Å². The number of aryl methyl sites for hydroxylation is 1. The number of aromatic nitrogens is 3. The van der Waals surface area contributed by atoms with Gasteiger partial charge in [0, 0.05) is 18.9 Å². The molecule has 102 valence electrons. The van der Waals surface area contributed by atoms with E-state index < -0.39 is 0 Å². The molecule has 0 aliphatic carbocycles. The Morgan fingerprint density at radius 1 is 1.37 bits per heavy atom. The second-order valence-corrected chi connectivity index (χ2v) is 4.40. The minimum absolute atomic E-state index is 0.0781. The van der Waals surface area contributed by atoms with Crippen molar-refractivity contribution in [2.45, 2.75) is 32.9 Å². The van der Waals surface area contributed by atoms with Crippen molar-refractivity contribution in [3.05, 3.63) is 47.8 Å². The zero-order valence-corrected chi connectivity index (χ0v) is 11.3. The zero-order valence-electron chi connectivity index (χ0n) is 11.3. The molecule has 2 aromatic rings. The molecule has 0 aliphatic heterocycles. The van der Waals surface area contributed by atoms with Crippen LogP contribution in [-0.4, -0.2) is 21.3 Å². The lowest BCUT2D eigenvalue weighted by molar-refractivity contribution is 0.524. The lowest BCUT2D eigenvalue weighted by Crippen LogP contribution is -2.26. The highest BCUT2D eigenvalue weighted by molar-refractivity contribution is 5.25. The molecule has 1 N–H and O–H groups in total. The number of nitrogens with one attached hydrogen (secondary N) is 1. The second kappa shape index (κ2) is 6.43. The topological polar surface area (TPSA) is 42.7 Å². The molecule has 0 spiro atoms. The predicted molar refractivity (Wildman–Crippen MR) is 72.2 cm³/mol. The molecule has 0 fully saturated rings. The van der Waals surface area contributed by atoms with Gasteiger partial charge in [0.25, 0.3) is 0 Å². The average molecular weight is 262 g/mol. The standard InChI is InChI=1S/C14H19FN4/c1-3-6-17-14(11-8-12(15)10-16-9-11)13-5-7-18-19(13)4-2/h5,7-10,14,17H,3-4,6H2,1-2H3. The molecule has 0 saturated carbocycles. The van der Waals surface area contributed by atoms with Gasteiger partial charge in [-0.2, -0.15) is 5.10 Å². The van der Waals surface area contributed by atoms with Crippen LogP contribution in [0.15, 0.2) is 30.7 Å². The summed E-state index contributed by atoms with van der Waals surface area (Å²) in [6.07, 6.45) is 5.70. The van der Waals surface area contributed by atoms with E-state index in [0.29, 0.717) is 0 Å². The normalized spacial score (nSPS) is 12.6. The number of hydrogen-bond acceptors (Lipinski definition) is 3. The maximum Gasteiger partial charge on any atom is 0.141 e. The van der Waals surface area contributed by atoms with Gasteiger partial charge in [-0.05, 0) is 37.6 Å². The number of nitrogens with zero attached hydrogens (tertiary/aromatic N) is 3. The molecule has 19 heavy (non-hydrogen) atoms. The van der Waals surface area contributed by atoms with Crippen LogP contribution in [0.5, 0.6) is 0 Å². The minimum atomic E-state index is -0.316. The molecule has 0 aromatic carbocycles. The predicted octanol–water partition coefficient (Wildman–Crippen LogP) is 2.53. The van der Waals surface area contributed by atoms with Crippen LogP contribution >= 0.6 is 0 Å². The van der Waals surface area contributed by atoms with Crippen molar-refractivity contribution < 1.29 is 4.39 Å². The Kier molecular flexibility index (Phi) is 4.63. The third-order valence-electron chi connectivity index (χ3n) is 3.00. The van der Waals surface area contributed by atoms with E-state index in [1.807, 2.05) is 17.7 Å². The summed E-state index contributed by atoms with van der Waals surface area (Å²) < 4.78 is 15.3. The van der Waals surface area contributed by atoms with Gasteiger partial charge >= 0.3 is 0 Å². The second-order valence-electron chi connectivity index (χ2n) is 4.40. The minimum Gasteiger partial charge on any atom is -0.305 e. The monoisotopic (exact) mass is 262 g/mol. The van der Waals surface area contributed by atoms with E-state index in [0.717, 1.165) is 30.8 Å². The van der Waals surface area contributed by atoms with Crippen LogP contribution in [0.2, 0.25) is 0 Å². The molecule has 5 heteroatoms. The molecule has 0 amide bonds. The van der Waals surface area contributed by atoms with Crippen LogP contribution in [0.1, 0.15) is 37.6 Å². The van der Waals surface area contributed by atoms with Crippen LogP contribution in [0.3, 0.4) is 0 Å². The Hall–Kier alpha value is -1.75. The Morgan fingerprint density at radius 3 is 2.89 bits per heavy atom. The SMILES string of the molecule is CCCNC(c1cncc(F)c1)c1ccnn1CC. The maximum absolute atomic E-state index is 13.4. The lowest BCUT2D eigenvalue weighted by atomic mass is 10.1. The molecule has 2 heterocycles. The number of pyridine rings is 1. The molecule has 2 aromatic heterocycles. The van der Waals surface area contributed by atoms with Crippen molar-refractivity contribution >= 4 is 0 Å². The van der Waals surface area contributed by atoms with Crippen LogP contribution in [0.4, 0.5) is 4.39 Å². The zero-order chi connectivity index (χ0) is 13.7. The highest BCUT2D eigenvalue weighted by Gasteiger charge is 2.18. The maximum atomic E-state index is 13.4. The van der Waals surface area contributed by atoms with Crippen LogP contribution in [0, 0.1) is 5.82 Å². The Balaban J connectivity index is 2.35. The van der Waals surface area contributed by atoms with Gasteiger partial charge in [-0.3, -0.25) is 9.67 Å². The summed E-state index contributed by atoms with van der Waals surface area (Å²) in [6, 6.07) is 3.40. The van der Waals surface area contributed by atoms with E-state index in [1.54, 1.807) is 12.4 Å². The fourth-order valence-electron chi connectivity index (χ4n) is 2.12. The van der Waals surface area contributed by atoms with Gasteiger partial charge in [-0.1, -0.05) is 6.92 Å². The molecule has 0 aliphatic rings. The van der Waals surface area contributed by atoms with Gasteiger partial charge < -0.3 is 5.32 Å². The summed E-state index contributed by atoms with van der Waals surface area (Å²) in [6.45, 7) is 5.79. The first-order valence-electron chi connectivity index (χ1n) is 6.61. The lowest BCUT2D eigenvalue weighted by Gasteiger charge is -2.19. The molecule has 0 saturated heterocycles. The highest BCUT2D eigenvalue weighted by atomic mass is 19.1. The third kappa shape index (κ3) is 3.17. The summed E-state index contributed by atoms with van der Waals surface area (Å²) in [4.78, 5) is 3.93. The summed E-state index contributed by atoms with van der Waals surface area (Å²) in [5, 5.41) is 7.70. The molecule has 0 radical (unpaired) electrons. The first-order chi connectivity index (χ1) is 9.26. The molecular weight excluding hydrogens is 243 g/mol. The van der Waals surface area contributed by atoms with Gasteiger partial charge in [0.2, 0.25) is 0 Å². The number of halogens is 1. The van der Waals surface area contributed by atoms with E-state index in [9.17, 15) is 4.39 Å². The molecule has 4 nitrogen and oxygen atoms in total. The van der Waals surface area contributed by atoms with Gasteiger partial charge in [-0.15, -0.1) is 0 Å². The van der Waals surface area contributed by atoms with E-state index in [1.165, 1.54) is 12.3 Å². The highest BCUT2D eigenvalue weighted by Crippen LogP contribution is 2.21. The Morgan fingerprint density at radius 2 is 2.21 bits per heavy atom. The molecule has 2 rings (SSSR count). The van der Waals surface area contributed by atoms with Crippen molar-refractivity contribution in [1.82, 2.24) is 20.1 Å². The van der Waals surface area contributed by atoms with Gasteiger partial charge in [0.15, 0.2) is 0 Å². The number of hydrogen-bond donors (Lipinski definition) is 1. The summed E-state index contributed by atoms with van der Waals surface area (Å²) in [5.41, 5.74) is 1.85. The van der Waals surface area contributed by atoms with E-state index in [2.05, 4.69) is 22.3 Å². The summed E-state index contributed by atoms with van der Waals surface area (Å²) in [7, 11) is 0. The van der Waals surface area contributed by atoms with E-state index in [4.69, 9.17) is 0 Å². The smallest absolute Gasteiger partial charge is 0.141 e. The summed E-state index contributed by atoms with van der Waals surface area (Å²) in [5.74, 6) is -0.316. The quantitative estimate of drug-likeness (QED) is 0.870. The first-order valence-corrected chi connectivity index (χ1v) is 6.61. The van der Waals surface area contributed by atoms with Crippen molar-refractivity contribution in [2.24, 2.45) is 0 Å². The van der Waals surface area contributed by atoms with Gasteiger partial charge in [0.05, 0.1) is 17.9 Å². The van der Waals surface area contributed by atoms with Crippen molar-refractivity contribution in [1.29, 1.82) is 0 Å². The van der Waals surface area contributed by atoms with Crippen LogP contribution < -0.4 is 5.32 Å². The molecule has 1 unspecified atom stereocenters. The molecule has 0 bridgehead atoms. The van der Waals surface area contributed by atoms with Crippen molar-refractivity contribution in [3.63, 3.8) is 0 Å². The largest absolute Gasteiger partial charge is 0.305 e. The Labute approximate surface area is 112 Å². The number of rotatable bonds is 6. The van der Waals surface area contributed by atoms with Crippen molar-refractivity contribution in [2.75, 3.05) is 6.54 Å². The average Bonchev–Trinajstić information content (AvgIpc) is 2.88.